The molecule has 0 spiro atoms. The molecule has 0 aliphatic carbocycles. The van der Waals surface area contributed by atoms with Crippen LogP contribution in [-0.2, 0) is 4.79 Å². The molecule has 1 atom stereocenters. The number of rotatable bonds is 5. The number of thioether (sulfide) groups is 1. The summed E-state index contributed by atoms with van der Waals surface area (Å²) in [5, 5.41) is 2.64. The number of ether oxygens (including phenoxy) is 1. The van der Waals surface area contributed by atoms with Crippen molar-refractivity contribution < 1.29 is 18.7 Å². The largest absolute Gasteiger partial charge is 0.497 e. The van der Waals surface area contributed by atoms with Gasteiger partial charge in [-0.15, -0.1) is 11.8 Å². The normalized spacial score (nSPS) is 15.9. The average molecular weight is 422 g/mol. The molecule has 3 aromatic rings. The van der Waals surface area contributed by atoms with Gasteiger partial charge in [0.25, 0.3) is 5.91 Å². The van der Waals surface area contributed by atoms with Crippen LogP contribution in [0.25, 0.3) is 0 Å². The zero-order chi connectivity index (χ0) is 21.1. The number of carbonyl (C=O) groups is 2. The van der Waals surface area contributed by atoms with Crippen LogP contribution in [0.15, 0.2) is 72.8 Å². The van der Waals surface area contributed by atoms with E-state index >= 15 is 0 Å². The Balaban J connectivity index is 1.57. The average Bonchev–Trinajstić information content (AvgIpc) is 3.16. The van der Waals surface area contributed by atoms with Gasteiger partial charge in [0.1, 0.15) is 16.9 Å². The maximum atomic E-state index is 13.3. The smallest absolute Gasteiger partial charge is 0.255 e. The third-order valence-corrected chi connectivity index (χ3v) is 5.95. The Morgan fingerprint density at radius 3 is 2.63 bits per heavy atom. The quantitative estimate of drug-likeness (QED) is 0.638. The SMILES string of the molecule is COc1cccc(C(=O)Nc2cccc(C3SCC(=O)N3c3ccc(F)cc3)c2)c1. The Bertz CT molecular complexity index is 1090. The van der Waals surface area contributed by atoms with E-state index in [0.717, 1.165) is 5.56 Å². The Labute approximate surface area is 177 Å². The van der Waals surface area contributed by atoms with E-state index in [2.05, 4.69) is 5.32 Å². The molecule has 1 unspecified atom stereocenters. The summed E-state index contributed by atoms with van der Waals surface area (Å²) in [6.07, 6.45) is 0. The molecule has 7 heteroatoms. The van der Waals surface area contributed by atoms with Crippen LogP contribution >= 0.6 is 11.8 Å². The number of benzene rings is 3. The fraction of sp³-hybridized carbons (Fsp3) is 0.130. The zero-order valence-electron chi connectivity index (χ0n) is 16.2. The molecule has 4 rings (SSSR count). The first-order chi connectivity index (χ1) is 14.5. The minimum absolute atomic E-state index is 0.0394. The molecule has 0 aromatic heterocycles. The van der Waals surface area contributed by atoms with E-state index in [9.17, 15) is 14.0 Å². The van der Waals surface area contributed by atoms with E-state index in [1.165, 1.54) is 23.9 Å². The number of carbonyl (C=O) groups excluding carboxylic acids is 2. The van der Waals surface area contributed by atoms with E-state index in [-0.39, 0.29) is 23.0 Å². The van der Waals surface area contributed by atoms with Crippen LogP contribution in [0.1, 0.15) is 21.3 Å². The number of amides is 2. The summed E-state index contributed by atoms with van der Waals surface area (Å²) in [5.74, 6) is 0.297. The number of anilines is 2. The van der Waals surface area contributed by atoms with Crippen molar-refractivity contribution >= 4 is 35.0 Å². The van der Waals surface area contributed by atoms with E-state index < -0.39 is 0 Å². The molecule has 1 fully saturated rings. The van der Waals surface area contributed by atoms with Gasteiger partial charge < -0.3 is 10.1 Å². The first-order valence-corrected chi connectivity index (χ1v) is 10.3. The van der Waals surface area contributed by atoms with E-state index in [0.29, 0.717) is 28.4 Å². The maximum Gasteiger partial charge on any atom is 0.255 e. The highest BCUT2D eigenvalue weighted by molar-refractivity contribution is 8.00. The monoisotopic (exact) mass is 422 g/mol. The van der Waals surface area contributed by atoms with Crippen molar-refractivity contribution in [1.29, 1.82) is 0 Å². The van der Waals surface area contributed by atoms with Crippen molar-refractivity contribution in [3.63, 3.8) is 0 Å². The highest BCUT2D eigenvalue weighted by atomic mass is 32.2. The molecule has 1 heterocycles. The lowest BCUT2D eigenvalue weighted by Crippen LogP contribution is -2.27. The second kappa shape index (κ2) is 8.59. The van der Waals surface area contributed by atoms with Crippen molar-refractivity contribution in [3.8, 4) is 5.75 Å². The van der Waals surface area contributed by atoms with Crippen LogP contribution in [0.2, 0.25) is 0 Å². The first-order valence-electron chi connectivity index (χ1n) is 9.30. The number of methoxy groups -OCH3 is 1. The molecule has 1 aliphatic rings. The van der Waals surface area contributed by atoms with Crippen LogP contribution in [-0.4, -0.2) is 24.7 Å². The minimum atomic E-state index is -0.350. The summed E-state index contributed by atoms with van der Waals surface area (Å²) in [6, 6.07) is 20.2. The topological polar surface area (TPSA) is 58.6 Å². The third-order valence-electron chi connectivity index (χ3n) is 4.73. The van der Waals surface area contributed by atoms with Crippen molar-refractivity contribution in [1.82, 2.24) is 0 Å². The second-order valence-corrected chi connectivity index (χ2v) is 7.78. The van der Waals surface area contributed by atoms with Crippen LogP contribution in [0.3, 0.4) is 0 Å². The molecule has 1 aliphatic heterocycles. The predicted molar refractivity (Wildman–Crippen MR) is 116 cm³/mol. The van der Waals surface area contributed by atoms with Gasteiger partial charge in [0.2, 0.25) is 5.91 Å². The van der Waals surface area contributed by atoms with Crippen LogP contribution in [0, 0.1) is 5.82 Å². The summed E-state index contributed by atoms with van der Waals surface area (Å²) in [5.41, 5.74) is 2.62. The molecule has 152 valence electrons. The minimum Gasteiger partial charge on any atom is -0.497 e. The van der Waals surface area contributed by atoms with E-state index in [1.54, 1.807) is 54.5 Å². The third kappa shape index (κ3) is 4.16. The summed E-state index contributed by atoms with van der Waals surface area (Å²) in [7, 11) is 1.55. The van der Waals surface area contributed by atoms with Crippen LogP contribution < -0.4 is 15.0 Å². The summed E-state index contributed by atoms with van der Waals surface area (Å²) >= 11 is 1.49. The van der Waals surface area contributed by atoms with Gasteiger partial charge >= 0.3 is 0 Å². The molecular weight excluding hydrogens is 403 g/mol. The van der Waals surface area contributed by atoms with E-state index in [1.807, 2.05) is 18.2 Å². The molecule has 0 bridgehead atoms. The number of hydrogen-bond donors (Lipinski definition) is 1. The van der Waals surface area contributed by atoms with Gasteiger partial charge in [-0.05, 0) is 60.2 Å². The molecule has 2 amide bonds. The fourth-order valence-electron chi connectivity index (χ4n) is 3.29. The van der Waals surface area contributed by atoms with Gasteiger partial charge in [0.05, 0.1) is 12.9 Å². The lowest BCUT2D eigenvalue weighted by atomic mass is 10.1. The number of hydrogen-bond acceptors (Lipinski definition) is 4. The van der Waals surface area contributed by atoms with E-state index in [4.69, 9.17) is 4.74 Å². The van der Waals surface area contributed by atoms with Crippen molar-refractivity contribution in [2.24, 2.45) is 0 Å². The Morgan fingerprint density at radius 2 is 1.87 bits per heavy atom. The van der Waals surface area contributed by atoms with Gasteiger partial charge in [-0.3, -0.25) is 14.5 Å². The van der Waals surface area contributed by atoms with Crippen molar-refractivity contribution in [3.05, 3.63) is 89.7 Å². The Morgan fingerprint density at radius 1 is 1.10 bits per heavy atom. The molecule has 3 aromatic carbocycles. The highest BCUT2D eigenvalue weighted by Crippen LogP contribution is 2.42. The van der Waals surface area contributed by atoms with Crippen molar-refractivity contribution in [2.75, 3.05) is 23.1 Å². The Hall–Kier alpha value is -3.32. The lowest BCUT2D eigenvalue weighted by Gasteiger charge is -2.24. The van der Waals surface area contributed by atoms with Crippen molar-refractivity contribution in [2.45, 2.75) is 5.37 Å². The molecule has 5 nitrogen and oxygen atoms in total. The van der Waals surface area contributed by atoms with Crippen LogP contribution in [0.5, 0.6) is 5.75 Å². The zero-order valence-corrected chi connectivity index (χ0v) is 17.0. The first kappa shape index (κ1) is 20.0. The van der Waals surface area contributed by atoms with Crippen LogP contribution in [0.4, 0.5) is 15.8 Å². The molecule has 0 saturated carbocycles. The molecule has 1 saturated heterocycles. The molecule has 1 N–H and O–H groups in total. The van der Waals surface area contributed by atoms with Gasteiger partial charge in [-0.25, -0.2) is 4.39 Å². The molecule has 0 radical (unpaired) electrons. The lowest BCUT2D eigenvalue weighted by molar-refractivity contribution is -0.115. The van der Waals surface area contributed by atoms with Gasteiger partial charge in [-0.2, -0.15) is 0 Å². The fourth-order valence-corrected chi connectivity index (χ4v) is 4.46. The molecule has 30 heavy (non-hydrogen) atoms. The predicted octanol–water partition coefficient (Wildman–Crippen LogP) is 4.87. The standard InChI is InChI=1S/C23H19FN2O3S/c1-29-20-7-3-4-15(13-20)22(28)25-18-6-2-5-16(12-18)23-26(21(27)14-30-23)19-10-8-17(24)9-11-19/h2-13,23H,14H2,1H3,(H,25,28). The highest BCUT2D eigenvalue weighted by Gasteiger charge is 2.34. The maximum absolute atomic E-state index is 13.3. The number of nitrogens with one attached hydrogen (secondary N) is 1. The van der Waals surface area contributed by atoms with Gasteiger partial charge in [-0.1, -0.05) is 18.2 Å². The summed E-state index contributed by atoms with van der Waals surface area (Å²) < 4.78 is 18.5. The molecular formula is C23H19FN2O3S. The van der Waals surface area contributed by atoms with Gasteiger partial charge in [0, 0.05) is 16.9 Å². The second-order valence-electron chi connectivity index (χ2n) is 6.72. The summed E-state index contributed by atoms with van der Waals surface area (Å²) in [6.45, 7) is 0. The van der Waals surface area contributed by atoms with Gasteiger partial charge in [0.15, 0.2) is 0 Å². The number of nitrogens with zero attached hydrogens (tertiary/aromatic N) is 1. The Kier molecular flexibility index (Phi) is 5.72. The number of halogens is 1. The summed E-state index contributed by atoms with van der Waals surface area (Å²) in [4.78, 5) is 26.8.